The molecular formula is C14H18BrClFN. The van der Waals surface area contributed by atoms with Gasteiger partial charge in [-0.15, -0.1) is 0 Å². The summed E-state index contributed by atoms with van der Waals surface area (Å²) in [5, 5.41) is 3.94. The number of benzene rings is 1. The van der Waals surface area contributed by atoms with Crippen LogP contribution in [0.5, 0.6) is 0 Å². The molecule has 1 nitrogen and oxygen atoms in total. The molecule has 2 rings (SSSR count). The number of hydrogen-bond donors (Lipinski definition) is 1. The van der Waals surface area contributed by atoms with Gasteiger partial charge in [0, 0.05) is 10.5 Å². The fourth-order valence-electron chi connectivity index (χ4n) is 2.81. The van der Waals surface area contributed by atoms with Crippen molar-refractivity contribution >= 4 is 33.2 Å². The number of halogens is 3. The van der Waals surface area contributed by atoms with Crippen molar-refractivity contribution in [3.8, 4) is 0 Å². The van der Waals surface area contributed by atoms with Crippen LogP contribution in [0, 0.1) is 17.7 Å². The summed E-state index contributed by atoms with van der Waals surface area (Å²) in [6.07, 6.45) is 3.76. The van der Waals surface area contributed by atoms with Gasteiger partial charge in [-0.3, -0.25) is 0 Å². The van der Waals surface area contributed by atoms with Gasteiger partial charge in [-0.1, -0.05) is 31.9 Å². The van der Waals surface area contributed by atoms with E-state index in [9.17, 15) is 4.39 Å². The lowest BCUT2D eigenvalue weighted by Gasteiger charge is -2.36. The average Bonchev–Trinajstić information content (AvgIpc) is 2.26. The van der Waals surface area contributed by atoms with Gasteiger partial charge in [0.2, 0.25) is 0 Å². The van der Waals surface area contributed by atoms with Crippen molar-refractivity contribution < 1.29 is 4.39 Å². The summed E-state index contributed by atoms with van der Waals surface area (Å²) >= 11 is 9.49. The molecule has 0 radical (unpaired) electrons. The lowest BCUT2D eigenvalue weighted by atomic mass is 9.78. The molecule has 0 aromatic heterocycles. The van der Waals surface area contributed by atoms with Crippen LogP contribution in [0.2, 0.25) is 5.02 Å². The highest BCUT2D eigenvalue weighted by atomic mass is 79.9. The number of hydrogen-bond acceptors (Lipinski definition) is 1. The standard InChI is InChI=1S/C14H18BrClFN/c1-8-4-3-5-9(2)13(8)18-14-11(15)6-10(17)7-12(14)16/h6-9,13,18H,3-5H2,1-2H3. The molecule has 2 unspecified atom stereocenters. The first kappa shape index (κ1) is 14.1. The van der Waals surface area contributed by atoms with Crippen LogP contribution in [0.4, 0.5) is 10.1 Å². The van der Waals surface area contributed by atoms with Gasteiger partial charge in [-0.2, -0.15) is 0 Å². The van der Waals surface area contributed by atoms with Crippen molar-refractivity contribution in [3.63, 3.8) is 0 Å². The Kier molecular flexibility index (Phi) is 4.54. The molecule has 1 aromatic carbocycles. The molecule has 1 N–H and O–H groups in total. The monoisotopic (exact) mass is 333 g/mol. The molecule has 0 saturated heterocycles. The van der Waals surface area contributed by atoms with Crippen LogP contribution < -0.4 is 5.32 Å². The molecule has 1 aromatic rings. The van der Waals surface area contributed by atoms with Crippen LogP contribution in [0.25, 0.3) is 0 Å². The Morgan fingerprint density at radius 2 is 1.89 bits per heavy atom. The first-order valence-corrected chi connectivity index (χ1v) is 7.57. The Morgan fingerprint density at radius 3 is 2.44 bits per heavy atom. The first-order chi connectivity index (χ1) is 8.49. The third-order valence-corrected chi connectivity index (χ3v) is 4.79. The van der Waals surface area contributed by atoms with Gasteiger partial charge < -0.3 is 5.32 Å². The summed E-state index contributed by atoms with van der Waals surface area (Å²) in [5.41, 5.74) is 0.809. The van der Waals surface area contributed by atoms with E-state index in [0.717, 1.165) is 5.69 Å². The van der Waals surface area contributed by atoms with Gasteiger partial charge in [0.15, 0.2) is 0 Å². The topological polar surface area (TPSA) is 12.0 Å². The predicted octanol–water partition coefficient (Wildman–Crippen LogP) is 5.48. The number of nitrogens with one attached hydrogen (secondary N) is 1. The summed E-state index contributed by atoms with van der Waals surface area (Å²) in [7, 11) is 0. The molecule has 1 aliphatic carbocycles. The maximum absolute atomic E-state index is 13.2. The molecule has 1 saturated carbocycles. The summed E-state index contributed by atoms with van der Waals surface area (Å²) < 4.78 is 13.9. The Balaban J connectivity index is 2.23. The molecule has 100 valence electrons. The highest BCUT2D eigenvalue weighted by Crippen LogP contribution is 2.37. The van der Waals surface area contributed by atoms with E-state index in [1.807, 2.05) is 0 Å². The smallest absolute Gasteiger partial charge is 0.125 e. The van der Waals surface area contributed by atoms with E-state index in [0.29, 0.717) is 27.4 Å². The Morgan fingerprint density at radius 1 is 1.28 bits per heavy atom. The van der Waals surface area contributed by atoms with Gasteiger partial charge >= 0.3 is 0 Å². The van der Waals surface area contributed by atoms with E-state index in [1.165, 1.54) is 31.4 Å². The zero-order valence-electron chi connectivity index (χ0n) is 10.6. The average molecular weight is 335 g/mol. The lowest BCUT2D eigenvalue weighted by Crippen LogP contribution is -2.37. The third-order valence-electron chi connectivity index (χ3n) is 3.86. The maximum atomic E-state index is 13.2. The van der Waals surface area contributed by atoms with Gasteiger partial charge in [0.05, 0.1) is 10.7 Å². The molecule has 1 aliphatic rings. The quantitative estimate of drug-likeness (QED) is 0.755. The van der Waals surface area contributed by atoms with Crippen molar-refractivity contribution in [3.05, 3.63) is 27.4 Å². The summed E-state index contributed by atoms with van der Waals surface area (Å²) in [5.74, 6) is 0.908. The van der Waals surface area contributed by atoms with Crippen molar-refractivity contribution in [1.82, 2.24) is 0 Å². The van der Waals surface area contributed by atoms with Crippen LogP contribution in [0.3, 0.4) is 0 Å². The van der Waals surface area contributed by atoms with Gasteiger partial charge in [0.25, 0.3) is 0 Å². The Labute approximate surface area is 121 Å². The summed E-state index contributed by atoms with van der Waals surface area (Å²) in [4.78, 5) is 0. The minimum Gasteiger partial charge on any atom is -0.380 e. The second kappa shape index (κ2) is 5.79. The normalized spacial score (nSPS) is 28.2. The molecule has 0 amide bonds. The van der Waals surface area contributed by atoms with Crippen molar-refractivity contribution in [2.75, 3.05) is 5.32 Å². The molecule has 0 spiro atoms. The van der Waals surface area contributed by atoms with Crippen LogP contribution >= 0.6 is 27.5 Å². The third kappa shape index (κ3) is 3.00. The second-order valence-electron chi connectivity index (χ2n) is 5.30. The minimum absolute atomic E-state index is 0.317. The Bertz CT molecular complexity index is 405. The molecule has 2 atom stereocenters. The van der Waals surface area contributed by atoms with Gasteiger partial charge in [-0.25, -0.2) is 4.39 Å². The van der Waals surface area contributed by atoms with Gasteiger partial charge in [-0.05, 0) is 52.7 Å². The summed E-state index contributed by atoms with van der Waals surface area (Å²) in [6, 6.07) is 3.21. The van der Waals surface area contributed by atoms with E-state index in [4.69, 9.17) is 11.6 Å². The van der Waals surface area contributed by atoms with Crippen molar-refractivity contribution in [2.45, 2.75) is 39.2 Å². The fraction of sp³-hybridized carbons (Fsp3) is 0.571. The van der Waals surface area contributed by atoms with Gasteiger partial charge in [0.1, 0.15) is 5.82 Å². The summed E-state index contributed by atoms with van der Waals surface area (Å²) in [6.45, 7) is 4.53. The van der Waals surface area contributed by atoms with Crippen LogP contribution in [0.1, 0.15) is 33.1 Å². The highest BCUT2D eigenvalue weighted by molar-refractivity contribution is 9.10. The van der Waals surface area contributed by atoms with Crippen LogP contribution in [-0.4, -0.2) is 6.04 Å². The van der Waals surface area contributed by atoms with E-state index in [2.05, 4.69) is 35.1 Å². The molecule has 4 heteroatoms. The van der Waals surface area contributed by atoms with Crippen LogP contribution in [0.15, 0.2) is 16.6 Å². The second-order valence-corrected chi connectivity index (χ2v) is 6.56. The molecule has 0 aliphatic heterocycles. The number of anilines is 1. The molecule has 0 heterocycles. The van der Waals surface area contributed by atoms with E-state index >= 15 is 0 Å². The molecular weight excluding hydrogens is 317 g/mol. The zero-order chi connectivity index (χ0) is 13.3. The largest absolute Gasteiger partial charge is 0.380 e. The van der Waals surface area contributed by atoms with Crippen molar-refractivity contribution in [1.29, 1.82) is 0 Å². The van der Waals surface area contributed by atoms with Crippen molar-refractivity contribution in [2.24, 2.45) is 11.8 Å². The minimum atomic E-state index is -0.317. The van der Waals surface area contributed by atoms with E-state index in [1.54, 1.807) is 0 Å². The van der Waals surface area contributed by atoms with E-state index in [-0.39, 0.29) is 5.82 Å². The Hall–Kier alpha value is -0.280. The SMILES string of the molecule is CC1CCCC(C)C1Nc1c(Cl)cc(F)cc1Br. The highest BCUT2D eigenvalue weighted by Gasteiger charge is 2.28. The maximum Gasteiger partial charge on any atom is 0.125 e. The zero-order valence-corrected chi connectivity index (χ0v) is 13.0. The first-order valence-electron chi connectivity index (χ1n) is 6.40. The molecule has 0 bridgehead atoms. The lowest BCUT2D eigenvalue weighted by molar-refractivity contribution is 0.268. The predicted molar refractivity (Wildman–Crippen MR) is 78.7 cm³/mol. The fourth-order valence-corrected chi connectivity index (χ4v) is 3.73. The molecule has 18 heavy (non-hydrogen) atoms. The number of rotatable bonds is 2. The van der Waals surface area contributed by atoms with E-state index < -0.39 is 0 Å². The van der Waals surface area contributed by atoms with Crippen LogP contribution in [-0.2, 0) is 0 Å². The molecule has 1 fully saturated rings.